The van der Waals surface area contributed by atoms with Gasteiger partial charge in [0, 0.05) is 7.05 Å². The lowest BCUT2D eigenvalue weighted by Crippen LogP contribution is -1.88. The molecule has 3 aromatic rings. The van der Waals surface area contributed by atoms with Crippen LogP contribution < -0.4 is 0 Å². The molecular formula is C9H7N5. The van der Waals surface area contributed by atoms with Gasteiger partial charge in [0.2, 0.25) is 0 Å². The van der Waals surface area contributed by atoms with Gasteiger partial charge in [-0.3, -0.25) is 0 Å². The van der Waals surface area contributed by atoms with Crippen molar-refractivity contribution in [2.24, 2.45) is 7.05 Å². The first-order chi connectivity index (χ1) is 6.88. The molecule has 0 saturated carbocycles. The van der Waals surface area contributed by atoms with Gasteiger partial charge in [0.05, 0.1) is 23.4 Å². The number of hydrogen-bond acceptors (Lipinski definition) is 4. The van der Waals surface area contributed by atoms with Crippen LogP contribution in [0.5, 0.6) is 0 Å². The maximum atomic E-state index is 4.21. The van der Waals surface area contributed by atoms with Gasteiger partial charge in [0.1, 0.15) is 23.7 Å². The summed E-state index contributed by atoms with van der Waals surface area (Å²) in [5.41, 5.74) is 3.70. The van der Waals surface area contributed by atoms with Crippen LogP contribution in [0.25, 0.3) is 22.1 Å². The summed E-state index contributed by atoms with van der Waals surface area (Å²) in [6.45, 7) is 0. The Morgan fingerprint density at radius 1 is 0.929 bits per heavy atom. The van der Waals surface area contributed by atoms with E-state index in [1.54, 1.807) is 12.4 Å². The predicted octanol–water partition coefficient (Wildman–Crippen LogP) is 0.911. The largest absolute Gasteiger partial charge is 0.338 e. The molecule has 0 atom stereocenters. The number of hydrogen-bond donors (Lipinski definition) is 0. The Bertz CT molecular complexity index is 559. The lowest BCUT2D eigenvalue weighted by molar-refractivity contribution is 0.995. The molecule has 14 heavy (non-hydrogen) atoms. The molecule has 5 nitrogen and oxygen atoms in total. The number of rotatable bonds is 0. The Balaban J connectivity index is 2.69. The first-order valence-electron chi connectivity index (χ1n) is 4.22. The van der Waals surface area contributed by atoms with E-state index in [0.717, 1.165) is 22.1 Å². The summed E-state index contributed by atoms with van der Waals surface area (Å²) < 4.78 is 1.99. The van der Waals surface area contributed by atoms with E-state index in [2.05, 4.69) is 19.9 Å². The molecule has 0 aromatic carbocycles. The number of fused-ring (bicyclic) bond motifs is 3. The van der Waals surface area contributed by atoms with Crippen molar-refractivity contribution in [1.29, 1.82) is 0 Å². The molecular weight excluding hydrogens is 178 g/mol. The van der Waals surface area contributed by atoms with Crippen molar-refractivity contribution in [2.45, 2.75) is 0 Å². The molecule has 3 heterocycles. The zero-order valence-electron chi connectivity index (χ0n) is 7.55. The minimum atomic E-state index is 0.875. The highest BCUT2D eigenvalue weighted by molar-refractivity contribution is 6.02. The number of aryl methyl sites for hydroxylation is 1. The summed E-state index contributed by atoms with van der Waals surface area (Å²) in [5.74, 6) is 0. The van der Waals surface area contributed by atoms with Crippen LogP contribution in [-0.4, -0.2) is 24.5 Å². The standard InChI is InChI=1S/C9H7N5/c1-14-6-2-10-4-12-8(6)9-7(14)3-11-5-13-9/h2-5H,1H3. The molecule has 0 radical (unpaired) electrons. The fourth-order valence-corrected chi connectivity index (χ4v) is 1.63. The Morgan fingerprint density at radius 2 is 1.43 bits per heavy atom. The molecule has 3 rings (SSSR count). The van der Waals surface area contributed by atoms with Crippen LogP contribution in [0, 0.1) is 0 Å². The van der Waals surface area contributed by atoms with Crippen molar-refractivity contribution in [1.82, 2.24) is 24.5 Å². The molecule has 68 valence electrons. The molecule has 0 saturated heterocycles. The molecule has 0 aliphatic heterocycles. The first kappa shape index (κ1) is 7.37. The molecule has 0 N–H and O–H groups in total. The molecule has 0 spiro atoms. The summed E-state index contributed by atoms with van der Waals surface area (Å²) in [6.07, 6.45) is 6.63. The second-order valence-corrected chi connectivity index (χ2v) is 3.07. The Morgan fingerprint density at radius 3 is 1.93 bits per heavy atom. The molecule has 0 fully saturated rings. The summed E-state index contributed by atoms with van der Waals surface area (Å²) in [7, 11) is 1.96. The van der Waals surface area contributed by atoms with Crippen LogP contribution in [0.4, 0.5) is 0 Å². The second kappa shape index (κ2) is 2.47. The summed E-state index contributed by atoms with van der Waals surface area (Å²) >= 11 is 0. The van der Waals surface area contributed by atoms with Gasteiger partial charge in [-0.15, -0.1) is 0 Å². The van der Waals surface area contributed by atoms with Crippen molar-refractivity contribution < 1.29 is 0 Å². The van der Waals surface area contributed by atoms with Gasteiger partial charge >= 0.3 is 0 Å². The van der Waals surface area contributed by atoms with Crippen molar-refractivity contribution >= 4 is 22.1 Å². The normalized spacial score (nSPS) is 11.2. The smallest absolute Gasteiger partial charge is 0.118 e. The fourth-order valence-electron chi connectivity index (χ4n) is 1.63. The quantitative estimate of drug-likeness (QED) is 0.522. The molecule has 0 aliphatic carbocycles. The van der Waals surface area contributed by atoms with E-state index in [0.29, 0.717) is 0 Å². The predicted molar refractivity (Wildman–Crippen MR) is 51.6 cm³/mol. The average molecular weight is 185 g/mol. The molecule has 0 unspecified atom stereocenters. The maximum Gasteiger partial charge on any atom is 0.118 e. The monoisotopic (exact) mass is 185 g/mol. The Labute approximate surface area is 79.5 Å². The molecule has 0 aliphatic rings. The van der Waals surface area contributed by atoms with Crippen LogP contribution in [0.15, 0.2) is 25.0 Å². The minimum Gasteiger partial charge on any atom is -0.338 e. The van der Waals surface area contributed by atoms with Gasteiger partial charge in [-0.25, -0.2) is 19.9 Å². The van der Waals surface area contributed by atoms with Gasteiger partial charge in [0.15, 0.2) is 0 Å². The highest BCUT2D eigenvalue weighted by atomic mass is 15.0. The van der Waals surface area contributed by atoms with E-state index in [4.69, 9.17) is 0 Å². The highest BCUT2D eigenvalue weighted by Crippen LogP contribution is 2.21. The fraction of sp³-hybridized carbons (Fsp3) is 0.111. The van der Waals surface area contributed by atoms with Crippen molar-refractivity contribution in [2.75, 3.05) is 0 Å². The minimum absolute atomic E-state index is 0.875. The van der Waals surface area contributed by atoms with E-state index >= 15 is 0 Å². The Kier molecular flexibility index (Phi) is 1.30. The second-order valence-electron chi connectivity index (χ2n) is 3.07. The van der Waals surface area contributed by atoms with Crippen LogP contribution >= 0.6 is 0 Å². The van der Waals surface area contributed by atoms with Gasteiger partial charge in [-0.2, -0.15) is 0 Å². The van der Waals surface area contributed by atoms with Crippen LogP contribution in [0.2, 0.25) is 0 Å². The van der Waals surface area contributed by atoms with Crippen molar-refractivity contribution in [3.8, 4) is 0 Å². The van der Waals surface area contributed by atoms with Crippen LogP contribution in [0.3, 0.4) is 0 Å². The highest BCUT2D eigenvalue weighted by Gasteiger charge is 2.09. The van der Waals surface area contributed by atoms with Gasteiger partial charge in [-0.1, -0.05) is 0 Å². The van der Waals surface area contributed by atoms with E-state index in [1.165, 1.54) is 12.7 Å². The lowest BCUT2D eigenvalue weighted by atomic mass is 10.4. The lowest BCUT2D eigenvalue weighted by Gasteiger charge is -1.93. The summed E-state index contributed by atoms with van der Waals surface area (Å²) in [4.78, 5) is 16.4. The molecule has 5 heteroatoms. The number of aromatic nitrogens is 5. The average Bonchev–Trinajstić information content (AvgIpc) is 2.55. The zero-order chi connectivity index (χ0) is 9.54. The topological polar surface area (TPSA) is 56.5 Å². The van der Waals surface area contributed by atoms with Crippen LogP contribution in [-0.2, 0) is 7.05 Å². The summed E-state index contributed by atoms with van der Waals surface area (Å²) in [5, 5.41) is 0. The van der Waals surface area contributed by atoms with Crippen LogP contribution in [0.1, 0.15) is 0 Å². The Hall–Kier alpha value is -2.04. The first-order valence-corrected chi connectivity index (χ1v) is 4.22. The van der Waals surface area contributed by atoms with Gasteiger partial charge in [0.25, 0.3) is 0 Å². The van der Waals surface area contributed by atoms with E-state index in [9.17, 15) is 0 Å². The van der Waals surface area contributed by atoms with Crippen molar-refractivity contribution in [3.63, 3.8) is 0 Å². The third kappa shape index (κ3) is 0.783. The SMILES string of the molecule is Cn1c2cncnc2c2ncncc21. The van der Waals surface area contributed by atoms with Gasteiger partial charge < -0.3 is 4.57 Å². The molecule has 3 aromatic heterocycles. The third-order valence-corrected chi connectivity index (χ3v) is 2.33. The van der Waals surface area contributed by atoms with E-state index in [-0.39, 0.29) is 0 Å². The molecule has 0 amide bonds. The van der Waals surface area contributed by atoms with Crippen molar-refractivity contribution in [3.05, 3.63) is 25.0 Å². The van der Waals surface area contributed by atoms with Gasteiger partial charge in [-0.05, 0) is 0 Å². The third-order valence-electron chi connectivity index (χ3n) is 2.33. The van der Waals surface area contributed by atoms with E-state index in [1.807, 2.05) is 11.6 Å². The molecule has 0 bridgehead atoms. The van der Waals surface area contributed by atoms with E-state index < -0.39 is 0 Å². The number of nitrogens with zero attached hydrogens (tertiary/aromatic N) is 5. The summed E-state index contributed by atoms with van der Waals surface area (Å²) in [6, 6.07) is 0. The maximum absolute atomic E-state index is 4.21. The zero-order valence-corrected chi connectivity index (χ0v) is 7.55.